The number of anilines is 1. The summed E-state index contributed by atoms with van der Waals surface area (Å²) in [7, 11) is 0. The zero-order valence-corrected chi connectivity index (χ0v) is 11.7. The van der Waals surface area contributed by atoms with Crippen LogP contribution in [-0.2, 0) is 6.42 Å². The number of hydrogen-bond acceptors (Lipinski definition) is 5. The molecular weight excluding hydrogens is 291 g/mol. The molecule has 4 nitrogen and oxygen atoms in total. The Kier molecular flexibility index (Phi) is 3.37. The standard InChI is InChI=1S/C11H10Cl2N4S/c12-9-15-10(13)17-11(16-9)14-7-2-1-3-8-6(7)4-5-18-8/h4-5,7H,1-3H2,(H,14,15,16,17). The third-order valence-electron chi connectivity index (χ3n) is 2.94. The minimum Gasteiger partial charge on any atom is -0.347 e. The van der Waals surface area contributed by atoms with Crippen molar-refractivity contribution in [1.82, 2.24) is 15.0 Å². The Balaban J connectivity index is 1.86. The Morgan fingerprint density at radius 3 is 2.78 bits per heavy atom. The van der Waals surface area contributed by atoms with Gasteiger partial charge in [-0.3, -0.25) is 0 Å². The van der Waals surface area contributed by atoms with Gasteiger partial charge < -0.3 is 5.32 Å². The maximum absolute atomic E-state index is 5.76. The van der Waals surface area contributed by atoms with E-state index in [0.717, 1.165) is 19.3 Å². The van der Waals surface area contributed by atoms with Crippen LogP contribution in [0.2, 0.25) is 10.6 Å². The van der Waals surface area contributed by atoms with E-state index in [2.05, 4.69) is 31.7 Å². The largest absolute Gasteiger partial charge is 0.347 e. The summed E-state index contributed by atoms with van der Waals surface area (Å²) < 4.78 is 0. The van der Waals surface area contributed by atoms with Crippen molar-refractivity contribution in [1.29, 1.82) is 0 Å². The number of hydrogen-bond donors (Lipinski definition) is 1. The Bertz CT molecular complexity index is 552. The van der Waals surface area contributed by atoms with Crippen LogP contribution in [0.1, 0.15) is 29.3 Å². The van der Waals surface area contributed by atoms with E-state index >= 15 is 0 Å². The van der Waals surface area contributed by atoms with E-state index in [1.807, 2.05) is 0 Å². The average molecular weight is 301 g/mol. The van der Waals surface area contributed by atoms with Crippen molar-refractivity contribution in [2.75, 3.05) is 5.32 Å². The third kappa shape index (κ3) is 2.43. The normalized spacial score (nSPS) is 18.4. The first-order valence-electron chi connectivity index (χ1n) is 5.62. The molecule has 2 heterocycles. The first kappa shape index (κ1) is 12.1. The molecule has 94 valence electrons. The molecular formula is C11H10Cl2N4S. The number of fused-ring (bicyclic) bond motifs is 1. The first-order chi connectivity index (χ1) is 8.72. The van der Waals surface area contributed by atoms with E-state index < -0.39 is 0 Å². The fourth-order valence-electron chi connectivity index (χ4n) is 2.18. The highest BCUT2D eigenvalue weighted by atomic mass is 35.5. The SMILES string of the molecule is Clc1nc(Cl)nc(NC2CCCc3sccc32)n1. The molecule has 2 aromatic heterocycles. The Morgan fingerprint density at radius 2 is 2.00 bits per heavy atom. The summed E-state index contributed by atoms with van der Waals surface area (Å²) in [5, 5.41) is 5.62. The average Bonchev–Trinajstić information content (AvgIpc) is 2.76. The van der Waals surface area contributed by atoms with Gasteiger partial charge in [0.2, 0.25) is 16.5 Å². The molecule has 1 atom stereocenters. The highest BCUT2D eigenvalue weighted by molar-refractivity contribution is 7.10. The second kappa shape index (κ2) is 4.99. The summed E-state index contributed by atoms with van der Waals surface area (Å²) in [5.41, 5.74) is 1.33. The molecule has 18 heavy (non-hydrogen) atoms. The van der Waals surface area contributed by atoms with Gasteiger partial charge in [-0.05, 0) is 59.5 Å². The zero-order chi connectivity index (χ0) is 12.5. The van der Waals surface area contributed by atoms with E-state index in [1.54, 1.807) is 11.3 Å². The Hall–Kier alpha value is -0.910. The minimum absolute atomic E-state index is 0.110. The summed E-state index contributed by atoms with van der Waals surface area (Å²) >= 11 is 13.3. The number of halogens is 2. The molecule has 0 radical (unpaired) electrons. The number of aryl methyl sites for hydroxylation is 1. The topological polar surface area (TPSA) is 50.7 Å². The number of rotatable bonds is 2. The molecule has 2 aromatic rings. The second-order valence-corrected chi connectivity index (χ2v) is 5.76. The van der Waals surface area contributed by atoms with Crippen LogP contribution >= 0.6 is 34.5 Å². The molecule has 0 aliphatic heterocycles. The lowest BCUT2D eigenvalue weighted by atomic mass is 9.94. The monoisotopic (exact) mass is 300 g/mol. The van der Waals surface area contributed by atoms with Crippen LogP contribution in [0.3, 0.4) is 0 Å². The number of nitrogens with zero attached hydrogens (tertiary/aromatic N) is 3. The van der Waals surface area contributed by atoms with Crippen LogP contribution in [0.25, 0.3) is 0 Å². The summed E-state index contributed by atoms with van der Waals surface area (Å²) in [4.78, 5) is 13.2. The van der Waals surface area contributed by atoms with E-state index in [0.29, 0.717) is 5.95 Å². The van der Waals surface area contributed by atoms with Gasteiger partial charge in [0.15, 0.2) is 0 Å². The van der Waals surface area contributed by atoms with Gasteiger partial charge in [0, 0.05) is 4.88 Å². The second-order valence-electron chi connectivity index (χ2n) is 4.09. The van der Waals surface area contributed by atoms with Crippen LogP contribution in [0.5, 0.6) is 0 Å². The van der Waals surface area contributed by atoms with E-state index in [1.165, 1.54) is 10.4 Å². The van der Waals surface area contributed by atoms with Crippen LogP contribution in [0.4, 0.5) is 5.95 Å². The maximum atomic E-state index is 5.76. The molecule has 7 heteroatoms. The molecule has 0 spiro atoms. The van der Waals surface area contributed by atoms with Crippen molar-refractivity contribution in [3.8, 4) is 0 Å². The smallest absolute Gasteiger partial charge is 0.228 e. The zero-order valence-electron chi connectivity index (χ0n) is 9.36. The first-order valence-corrected chi connectivity index (χ1v) is 7.26. The van der Waals surface area contributed by atoms with Crippen molar-refractivity contribution < 1.29 is 0 Å². The highest BCUT2D eigenvalue weighted by Gasteiger charge is 2.22. The van der Waals surface area contributed by atoms with Crippen LogP contribution in [0.15, 0.2) is 11.4 Å². The van der Waals surface area contributed by atoms with Crippen molar-refractivity contribution in [2.45, 2.75) is 25.3 Å². The summed E-state index contributed by atoms with van der Waals surface area (Å²) in [6.45, 7) is 0. The van der Waals surface area contributed by atoms with E-state index in [-0.39, 0.29) is 16.6 Å². The van der Waals surface area contributed by atoms with Gasteiger partial charge >= 0.3 is 0 Å². The summed E-state index contributed by atoms with van der Waals surface area (Å²) in [5.74, 6) is 0.434. The van der Waals surface area contributed by atoms with Gasteiger partial charge in [0.1, 0.15) is 0 Å². The molecule has 0 fully saturated rings. The molecule has 0 bridgehead atoms. The molecule has 1 N–H and O–H groups in total. The molecule has 0 saturated carbocycles. The molecule has 0 amide bonds. The molecule has 1 aliphatic carbocycles. The van der Waals surface area contributed by atoms with Gasteiger partial charge in [-0.15, -0.1) is 11.3 Å². The molecule has 1 aliphatic rings. The van der Waals surface area contributed by atoms with Gasteiger partial charge in [-0.25, -0.2) is 0 Å². The lowest BCUT2D eigenvalue weighted by Crippen LogP contribution is -2.17. The minimum atomic E-state index is 0.110. The fraction of sp³-hybridized carbons (Fsp3) is 0.364. The molecule has 3 rings (SSSR count). The summed E-state index contributed by atoms with van der Waals surface area (Å²) in [6.07, 6.45) is 3.38. The molecule has 0 aromatic carbocycles. The summed E-state index contributed by atoms with van der Waals surface area (Å²) in [6, 6.07) is 2.39. The van der Waals surface area contributed by atoms with E-state index in [4.69, 9.17) is 23.2 Å². The van der Waals surface area contributed by atoms with Gasteiger partial charge in [-0.2, -0.15) is 15.0 Å². The predicted molar refractivity (Wildman–Crippen MR) is 73.5 cm³/mol. The predicted octanol–water partition coefficient (Wildman–Crippen LogP) is 3.73. The lowest BCUT2D eigenvalue weighted by molar-refractivity contribution is 0.604. The van der Waals surface area contributed by atoms with Crippen molar-refractivity contribution in [3.05, 3.63) is 32.5 Å². The van der Waals surface area contributed by atoms with Gasteiger partial charge in [0.25, 0.3) is 0 Å². The fourth-order valence-corrected chi connectivity index (χ4v) is 3.53. The van der Waals surface area contributed by atoms with Crippen LogP contribution in [0, 0.1) is 0 Å². The molecule has 0 saturated heterocycles. The number of thiophene rings is 1. The van der Waals surface area contributed by atoms with Crippen molar-refractivity contribution in [3.63, 3.8) is 0 Å². The lowest BCUT2D eigenvalue weighted by Gasteiger charge is -2.23. The van der Waals surface area contributed by atoms with Crippen LogP contribution < -0.4 is 5.32 Å². The Labute approximate surface area is 118 Å². The molecule has 1 unspecified atom stereocenters. The third-order valence-corrected chi connectivity index (χ3v) is 4.27. The van der Waals surface area contributed by atoms with Crippen molar-refractivity contribution >= 4 is 40.5 Å². The van der Waals surface area contributed by atoms with Gasteiger partial charge in [0.05, 0.1) is 6.04 Å². The van der Waals surface area contributed by atoms with Gasteiger partial charge in [-0.1, -0.05) is 0 Å². The number of aromatic nitrogens is 3. The maximum Gasteiger partial charge on any atom is 0.228 e. The van der Waals surface area contributed by atoms with Crippen LogP contribution in [-0.4, -0.2) is 15.0 Å². The Morgan fingerprint density at radius 1 is 1.22 bits per heavy atom. The number of nitrogens with one attached hydrogen (secondary N) is 1. The van der Waals surface area contributed by atoms with Crippen molar-refractivity contribution in [2.24, 2.45) is 0 Å². The highest BCUT2D eigenvalue weighted by Crippen LogP contribution is 2.35. The quantitative estimate of drug-likeness (QED) is 0.918. The van der Waals surface area contributed by atoms with E-state index in [9.17, 15) is 0 Å².